The van der Waals surface area contributed by atoms with Crippen molar-refractivity contribution < 1.29 is 4.79 Å². The number of rotatable bonds is 2. The molecule has 0 bridgehead atoms. The summed E-state index contributed by atoms with van der Waals surface area (Å²) in [5.41, 5.74) is 3.91. The van der Waals surface area contributed by atoms with Crippen molar-refractivity contribution in [1.29, 1.82) is 0 Å². The van der Waals surface area contributed by atoms with Gasteiger partial charge in [-0.25, -0.2) is 10.5 Å². The topological polar surface area (TPSA) is 72.9 Å². The molecule has 1 aromatic carbocycles. The fraction of sp³-hybridized carbons (Fsp3) is 0.0909. The SMILES string of the molecule is Cc1c(C(=O)NN)cnn1-c1ccccc1Cl. The minimum Gasteiger partial charge on any atom is -0.290 e. The number of hydrogen-bond acceptors (Lipinski definition) is 3. The predicted molar refractivity (Wildman–Crippen MR) is 65.0 cm³/mol. The van der Waals surface area contributed by atoms with E-state index in [-0.39, 0.29) is 5.91 Å². The lowest BCUT2D eigenvalue weighted by Crippen LogP contribution is -2.30. The summed E-state index contributed by atoms with van der Waals surface area (Å²) in [5, 5.41) is 4.70. The number of halogens is 1. The predicted octanol–water partition coefficient (Wildman–Crippen LogP) is 1.44. The van der Waals surface area contributed by atoms with Crippen molar-refractivity contribution in [3.63, 3.8) is 0 Å². The molecule has 0 aliphatic heterocycles. The van der Waals surface area contributed by atoms with Crippen molar-refractivity contribution in [2.45, 2.75) is 6.92 Å². The minimum absolute atomic E-state index is 0.374. The summed E-state index contributed by atoms with van der Waals surface area (Å²) < 4.78 is 1.60. The van der Waals surface area contributed by atoms with Crippen LogP contribution in [0.1, 0.15) is 16.1 Å². The van der Waals surface area contributed by atoms with Crippen molar-refractivity contribution in [3.8, 4) is 5.69 Å². The molecule has 3 N–H and O–H groups in total. The summed E-state index contributed by atoms with van der Waals surface area (Å²) in [4.78, 5) is 11.4. The number of carbonyl (C=O) groups excluding carboxylic acids is 1. The molecule has 6 heteroatoms. The molecule has 1 aromatic heterocycles. The second-order valence-corrected chi connectivity index (χ2v) is 3.89. The van der Waals surface area contributed by atoms with Gasteiger partial charge in [0.2, 0.25) is 0 Å². The van der Waals surface area contributed by atoms with Crippen LogP contribution in [0.2, 0.25) is 5.02 Å². The van der Waals surface area contributed by atoms with Gasteiger partial charge in [-0.1, -0.05) is 23.7 Å². The fourth-order valence-electron chi connectivity index (χ4n) is 1.58. The highest BCUT2D eigenvalue weighted by Gasteiger charge is 2.15. The molecule has 88 valence electrons. The van der Waals surface area contributed by atoms with E-state index in [0.717, 1.165) is 5.69 Å². The number of nitrogens with zero attached hydrogens (tertiary/aromatic N) is 2. The highest BCUT2D eigenvalue weighted by molar-refractivity contribution is 6.32. The Morgan fingerprint density at radius 3 is 2.82 bits per heavy atom. The first-order valence-electron chi connectivity index (χ1n) is 4.95. The average molecular weight is 251 g/mol. The van der Waals surface area contributed by atoms with E-state index >= 15 is 0 Å². The zero-order valence-corrected chi connectivity index (χ0v) is 9.90. The van der Waals surface area contributed by atoms with Crippen LogP contribution >= 0.6 is 11.6 Å². The Kier molecular flexibility index (Phi) is 3.12. The second-order valence-electron chi connectivity index (χ2n) is 3.48. The van der Waals surface area contributed by atoms with E-state index in [9.17, 15) is 4.79 Å². The van der Waals surface area contributed by atoms with Gasteiger partial charge in [0.05, 0.1) is 28.2 Å². The number of nitrogens with two attached hydrogens (primary N) is 1. The number of carbonyl (C=O) groups is 1. The highest BCUT2D eigenvalue weighted by atomic mass is 35.5. The number of para-hydroxylation sites is 1. The van der Waals surface area contributed by atoms with Crippen LogP contribution in [0.5, 0.6) is 0 Å². The smallest absolute Gasteiger partial charge is 0.268 e. The Hall–Kier alpha value is -1.85. The Bertz CT molecular complexity index is 564. The molecule has 5 nitrogen and oxygen atoms in total. The Labute approximate surface area is 103 Å². The summed E-state index contributed by atoms with van der Waals surface area (Å²) in [6.07, 6.45) is 1.46. The number of nitrogens with one attached hydrogen (secondary N) is 1. The summed E-state index contributed by atoms with van der Waals surface area (Å²) in [6.45, 7) is 1.78. The van der Waals surface area contributed by atoms with Gasteiger partial charge in [0.25, 0.3) is 5.91 Å². The minimum atomic E-state index is -0.374. The van der Waals surface area contributed by atoms with Crippen LogP contribution in [-0.2, 0) is 0 Å². The molecule has 0 aliphatic rings. The van der Waals surface area contributed by atoms with Crippen LogP contribution in [0, 0.1) is 6.92 Å². The highest BCUT2D eigenvalue weighted by Crippen LogP contribution is 2.21. The molecule has 0 saturated carbocycles. The third kappa shape index (κ3) is 2.02. The number of aromatic nitrogens is 2. The third-order valence-electron chi connectivity index (χ3n) is 2.47. The van der Waals surface area contributed by atoms with Crippen LogP contribution in [0.3, 0.4) is 0 Å². The van der Waals surface area contributed by atoms with Gasteiger partial charge in [-0.2, -0.15) is 5.10 Å². The van der Waals surface area contributed by atoms with Crippen molar-refractivity contribution in [2.75, 3.05) is 0 Å². The van der Waals surface area contributed by atoms with E-state index in [2.05, 4.69) is 10.5 Å². The summed E-state index contributed by atoms with van der Waals surface area (Å²) in [5.74, 6) is 4.71. The summed E-state index contributed by atoms with van der Waals surface area (Å²) in [6, 6.07) is 7.27. The van der Waals surface area contributed by atoms with E-state index < -0.39 is 0 Å². The van der Waals surface area contributed by atoms with Gasteiger partial charge in [0.1, 0.15) is 0 Å². The molecule has 0 atom stereocenters. The van der Waals surface area contributed by atoms with E-state index in [1.807, 2.05) is 18.2 Å². The van der Waals surface area contributed by atoms with Gasteiger partial charge in [-0.05, 0) is 19.1 Å². The number of benzene rings is 1. The van der Waals surface area contributed by atoms with E-state index in [1.54, 1.807) is 17.7 Å². The summed E-state index contributed by atoms with van der Waals surface area (Å²) in [7, 11) is 0. The van der Waals surface area contributed by atoms with Gasteiger partial charge >= 0.3 is 0 Å². The molecule has 0 spiro atoms. The monoisotopic (exact) mass is 250 g/mol. The molecule has 0 aliphatic carbocycles. The number of nitrogen functional groups attached to an aromatic ring is 1. The zero-order valence-electron chi connectivity index (χ0n) is 9.14. The lowest BCUT2D eigenvalue weighted by Gasteiger charge is -2.06. The molecular formula is C11H11ClN4O. The number of hydrogen-bond donors (Lipinski definition) is 2. The van der Waals surface area contributed by atoms with Gasteiger partial charge in [0.15, 0.2) is 0 Å². The van der Waals surface area contributed by atoms with Gasteiger partial charge in [0, 0.05) is 0 Å². The molecule has 1 amide bonds. The lowest BCUT2D eigenvalue weighted by molar-refractivity contribution is 0.0953. The normalized spacial score (nSPS) is 10.3. The molecular weight excluding hydrogens is 240 g/mol. The van der Waals surface area contributed by atoms with Crippen molar-refractivity contribution in [2.24, 2.45) is 5.84 Å². The van der Waals surface area contributed by atoms with E-state index in [1.165, 1.54) is 6.20 Å². The summed E-state index contributed by atoms with van der Waals surface area (Å²) >= 11 is 6.07. The molecule has 1 heterocycles. The fourth-order valence-corrected chi connectivity index (χ4v) is 1.79. The lowest BCUT2D eigenvalue weighted by atomic mass is 10.2. The zero-order chi connectivity index (χ0) is 12.4. The standard InChI is InChI=1S/C11H11ClN4O/c1-7-8(11(17)15-13)6-14-16(7)10-5-3-2-4-9(10)12/h2-6H,13H2,1H3,(H,15,17). The van der Waals surface area contributed by atoms with Crippen LogP contribution in [0.4, 0.5) is 0 Å². The molecule has 0 radical (unpaired) electrons. The largest absolute Gasteiger partial charge is 0.290 e. The number of amides is 1. The maximum absolute atomic E-state index is 11.4. The van der Waals surface area contributed by atoms with Gasteiger partial charge in [-0.3, -0.25) is 10.2 Å². The van der Waals surface area contributed by atoms with Crippen LogP contribution < -0.4 is 11.3 Å². The van der Waals surface area contributed by atoms with Crippen LogP contribution in [-0.4, -0.2) is 15.7 Å². The Balaban J connectivity index is 2.52. The third-order valence-corrected chi connectivity index (χ3v) is 2.79. The molecule has 0 fully saturated rings. The second kappa shape index (κ2) is 4.57. The first-order chi connectivity index (χ1) is 8.15. The van der Waals surface area contributed by atoms with E-state index in [0.29, 0.717) is 16.3 Å². The maximum atomic E-state index is 11.4. The Morgan fingerprint density at radius 2 is 2.18 bits per heavy atom. The van der Waals surface area contributed by atoms with Gasteiger partial charge < -0.3 is 0 Å². The van der Waals surface area contributed by atoms with Gasteiger partial charge in [-0.15, -0.1) is 0 Å². The first-order valence-corrected chi connectivity index (χ1v) is 5.33. The molecule has 2 rings (SSSR count). The molecule has 0 saturated heterocycles. The quantitative estimate of drug-likeness (QED) is 0.481. The number of hydrazine groups is 1. The van der Waals surface area contributed by atoms with Crippen LogP contribution in [0.15, 0.2) is 30.5 Å². The first kappa shape index (κ1) is 11.6. The van der Waals surface area contributed by atoms with Crippen molar-refractivity contribution in [1.82, 2.24) is 15.2 Å². The van der Waals surface area contributed by atoms with Crippen LogP contribution in [0.25, 0.3) is 5.69 Å². The molecule has 0 unspecified atom stereocenters. The molecule has 2 aromatic rings. The Morgan fingerprint density at radius 1 is 1.47 bits per heavy atom. The maximum Gasteiger partial charge on any atom is 0.268 e. The van der Waals surface area contributed by atoms with Crippen molar-refractivity contribution >= 4 is 17.5 Å². The van der Waals surface area contributed by atoms with Crippen molar-refractivity contribution in [3.05, 3.63) is 46.7 Å². The van der Waals surface area contributed by atoms with E-state index in [4.69, 9.17) is 17.4 Å². The average Bonchev–Trinajstić information content (AvgIpc) is 2.71. The molecule has 17 heavy (non-hydrogen) atoms.